The summed E-state index contributed by atoms with van der Waals surface area (Å²) in [7, 11) is 2.06. The Labute approximate surface area is 124 Å². The first-order chi connectivity index (χ1) is 9.40. The van der Waals surface area contributed by atoms with Gasteiger partial charge in [-0.2, -0.15) is 0 Å². The lowest BCUT2D eigenvalue weighted by molar-refractivity contribution is 0.0527. The highest BCUT2D eigenvalue weighted by Gasteiger charge is 2.29. The molecular formula is C14H21ClN4O. The van der Waals surface area contributed by atoms with E-state index in [0.29, 0.717) is 23.1 Å². The number of halogens is 1. The van der Waals surface area contributed by atoms with Crippen molar-refractivity contribution in [2.45, 2.75) is 32.7 Å². The average molecular weight is 297 g/mol. The highest BCUT2D eigenvalue weighted by atomic mass is 35.5. The zero-order chi connectivity index (χ0) is 14.9. The van der Waals surface area contributed by atoms with Crippen LogP contribution in [0, 0.1) is 0 Å². The van der Waals surface area contributed by atoms with Gasteiger partial charge in [-0.25, -0.2) is 9.97 Å². The molecule has 1 unspecified atom stereocenters. The molecule has 0 N–H and O–H groups in total. The Morgan fingerprint density at radius 1 is 1.45 bits per heavy atom. The van der Waals surface area contributed by atoms with Crippen molar-refractivity contribution in [2.75, 3.05) is 26.7 Å². The molecule has 20 heavy (non-hydrogen) atoms. The molecule has 0 aliphatic carbocycles. The molecule has 5 nitrogen and oxygen atoms in total. The van der Waals surface area contributed by atoms with Gasteiger partial charge in [0.05, 0.1) is 11.2 Å². The number of hydrogen-bond donors (Lipinski definition) is 0. The molecule has 2 heterocycles. The third-order valence-corrected chi connectivity index (χ3v) is 3.85. The van der Waals surface area contributed by atoms with Gasteiger partial charge >= 0.3 is 0 Å². The van der Waals surface area contributed by atoms with Gasteiger partial charge < -0.3 is 9.80 Å². The van der Waals surface area contributed by atoms with Crippen LogP contribution in [0.2, 0.25) is 5.02 Å². The van der Waals surface area contributed by atoms with Crippen molar-refractivity contribution in [2.24, 2.45) is 0 Å². The lowest BCUT2D eigenvalue weighted by Gasteiger charge is -2.38. The fourth-order valence-electron chi connectivity index (χ4n) is 2.39. The standard InChI is InChI=1S/C14H21ClN4O/c1-9(2)13-16-7-11(15)12(17-13)14(20)19-6-5-18(4)8-10(19)3/h7,9-10H,5-6,8H2,1-4H3. The topological polar surface area (TPSA) is 49.3 Å². The van der Waals surface area contributed by atoms with E-state index >= 15 is 0 Å². The lowest BCUT2D eigenvalue weighted by atomic mass is 10.1. The molecule has 0 spiro atoms. The van der Waals surface area contributed by atoms with Crippen molar-refractivity contribution in [3.8, 4) is 0 Å². The minimum atomic E-state index is -0.0973. The molecule has 0 aromatic carbocycles. The minimum Gasteiger partial charge on any atom is -0.332 e. The number of rotatable bonds is 2. The first-order valence-electron chi connectivity index (χ1n) is 6.92. The highest BCUT2D eigenvalue weighted by molar-refractivity contribution is 6.33. The zero-order valence-corrected chi connectivity index (χ0v) is 13.2. The molecule has 1 aromatic heterocycles. The largest absolute Gasteiger partial charge is 0.332 e. The van der Waals surface area contributed by atoms with E-state index in [1.807, 2.05) is 25.7 Å². The summed E-state index contributed by atoms with van der Waals surface area (Å²) in [5.74, 6) is 0.725. The van der Waals surface area contributed by atoms with Gasteiger partial charge in [-0.15, -0.1) is 0 Å². The third kappa shape index (κ3) is 3.10. The molecule has 1 aromatic rings. The number of carbonyl (C=O) groups is 1. The maximum atomic E-state index is 12.6. The molecule has 0 bridgehead atoms. The van der Waals surface area contributed by atoms with Crippen LogP contribution in [0.5, 0.6) is 0 Å². The monoisotopic (exact) mass is 296 g/mol. The van der Waals surface area contributed by atoms with Crippen LogP contribution in [0.3, 0.4) is 0 Å². The van der Waals surface area contributed by atoms with Gasteiger partial charge in [0.2, 0.25) is 0 Å². The van der Waals surface area contributed by atoms with Crippen molar-refractivity contribution in [1.29, 1.82) is 0 Å². The van der Waals surface area contributed by atoms with Crippen LogP contribution in [-0.4, -0.2) is 58.4 Å². The first kappa shape index (κ1) is 15.2. The molecule has 1 atom stereocenters. The number of carbonyl (C=O) groups excluding carboxylic acids is 1. The molecule has 1 aliphatic heterocycles. The van der Waals surface area contributed by atoms with Crippen LogP contribution < -0.4 is 0 Å². The van der Waals surface area contributed by atoms with Gasteiger partial charge in [-0.05, 0) is 14.0 Å². The van der Waals surface area contributed by atoms with E-state index in [0.717, 1.165) is 13.1 Å². The number of piperazine rings is 1. The van der Waals surface area contributed by atoms with E-state index < -0.39 is 0 Å². The summed E-state index contributed by atoms with van der Waals surface area (Å²) in [6, 6.07) is 0.162. The summed E-state index contributed by atoms with van der Waals surface area (Å²) < 4.78 is 0. The molecule has 2 rings (SSSR count). The van der Waals surface area contributed by atoms with Gasteiger partial charge in [0, 0.05) is 31.6 Å². The second-order valence-corrected chi connectivity index (χ2v) is 6.10. The summed E-state index contributed by atoms with van der Waals surface area (Å²) >= 11 is 6.11. The van der Waals surface area contributed by atoms with Crippen molar-refractivity contribution < 1.29 is 4.79 Å². The number of likely N-dealkylation sites (N-methyl/N-ethyl adjacent to an activating group) is 1. The predicted octanol–water partition coefficient (Wildman–Crippen LogP) is 2.03. The normalized spacial score (nSPS) is 20.5. The Morgan fingerprint density at radius 2 is 2.15 bits per heavy atom. The van der Waals surface area contributed by atoms with Crippen molar-refractivity contribution >= 4 is 17.5 Å². The Morgan fingerprint density at radius 3 is 2.75 bits per heavy atom. The van der Waals surface area contributed by atoms with E-state index in [4.69, 9.17) is 11.6 Å². The molecule has 1 fully saturated rings. The summed E-state index contributed by atoms with van der Waals surface area (Å²) in [5.41, 5.74) is 0.321. The summed E-state index contributed by atoms with van der Waals surface area (Å²) in [6.07, 6.45) is 1.53. The Bertz CT molecular complexity index is 506. The van der Waals surface area contributed by atoms with Crippen molar-refractivity contribution in [3.05, 3.63) is 22.7 Å². The van der Waals surface area contributed by atoms with E-state index in [1.165, 1.54) is 6.20 Å². The number of aromatic nitrogens is 2. The number of hydrogen-bond acceptors (Lipinski definition) is 4. The van der Waals surface area contributed by atoms with Crippen LogP contribution in [0.1, 0.15) is 43.0 Å². The Kier molecular flexibility index (Phi) is 4.60. The van der Waals surface area contributed by atoms with Crippen LogP contribution in [0.4, 0.5) is 0 Å². The molecular weight excluding hydrogens is 276 g/mol. The Balaban J connectivity index is 2.26. The van der Waals surface area contributed by atoms with Gasteiger partial charge in [0.25, 0.3) is 5.91 Å². The summed E-state index contributed by atoms with van der Waals surface area (Å²) in [5, 5.41) is 0.325. The molecule has 0 radical (unpaired) electrons. The van der Waals surface area contributed by atoms with E-state index in [1.54, 1.807) is 0 Å². The smallest absolute Gasteiger partial charge is 0.274 e. The maximum Gasteiger partial charge on any atom is 0.274 e. The molecule has 110 valence electrons. The highest BCUT2D eigenvalue weighted by Crippen LogP contribution is 2.20. The average Bonchev–Trinajstić information content (AvgIpc) is 2.38. The van der Waals surface area contributed by atoms with Gasteiger partial charge in [0.15, 0.2) is 5.69 Å². The van der Waals surface area contributed by atoms with E-state index in [-0.39, 0.29) is 17.9 Å². The zero-order valence-electron chi connectivity index (χ0n) is 12.4. The summed E-state index contributed by atoms with van der Waals surface area (Å²) in [6.45, 7) is 8.48. The molecule has 0 saturated carbocycles. The van der Waals surface area contributed by atoms with E-state index in [9.17, 15) is 4.79 Å². The third-order valence-electron chi connectivity index (χ3n) is 3.57. The predicted molar refractivity (Wildman–Crippen MR) is 79.1 cm³/mol. The molecule has 1 saturated heterocycles. The molecule has 6 heteroatoms. The second kappa shape index (κ2) is 6.06. The van der Waals surface area contributed by atoms with Crippen LogP contribution in [-0.2, 0) is 0 Å². The van der Waals surface area contributed by atoms with Crippen LogP contribution in [0.15, 0.2) is 6.20 Å². The lowest BCUT2D eigenvalue weighted by Crippen LogP contribution is -2.53. The van der Waals surface area contributed by atoms with Crippen LogP contribution in [0.25, 0.3) is 0 Å². The van der Waals surface area contributed by atoms with Crippen molar-refractivity contribution in [1.82, 2.24) is 19.8 Å². The number of amides is 1. The fraction of sp³-hybridized carbons (Fsp3) is 0.643. The molecule has 1 amide bonds. The fourth-order valence-corrected chi connectivity index (χ4v) is 2.56. The van der Waals surface area contributed by atoms with Crippen molar-refractivity contribution in [3.63, 3.8) is 0 Å². The maximum absolute atomic E-state index is 12.6. The Hall–Kier alpha value is -1.20. The minimum absolute atomic E-state index is 0.0973. The SMILES string of the molecule is CC(C)c1ncc(Cl)c(C(=O)N2CCN(C)CC2C)n1. The van der Waals surface area contributed by atoms with Crippen LogP contribution >= 0.6 is 11.6 Å². The quantitative estimate of drug-likeness (QED) is 0.838. The van der Waals surface area contributed by atoms with Gasteiger partial charge in [-0.3, -0.25) is 4.79 Å². The van der Waals surface area contributed by atoms with Gasteiger partial charge in [0.1, 0.15) is 5.82 Å². The summed E-state index contributed by atoms with van der Waals surface area (Å²) in [4.78, 5) is 25.2. The molecule has 1 aliphatic rings. The van der Waals surface area contributed by atoms with Gasteiger partial charge in [-0.1, -0.05) is 25.4 Å². The van der Waals surface area contributed by atoms with E-state index in [2.05, 4.69) is 21.9 Å². The second-order valence-electron chi connectivity index (χ2n) is 5.69. The first-order valence-corrected chi connectivity index (χ1v) is 7.30. The number of nitrogens with zero attached hydrogens (tertiary/aromatic N) is 4.